The Hall–Kier alpha value is -3.41. The van der Waals surface area contributed by atoms with Crippen LogP contribution in [0.3, 0.4) is 0 Å². The maximum absolute atomic E-state index is 12.6. The van der Waals surface area contributed by atoms with E-state index in [1.54, 1.807) is 0 Å². The maximum Gasteiger partial charge on any atom is 0.277 e. The van der Waals surface area contributed by atoms with Crippen molar-refractivity contribution in [2.75, 3.05) is 0 Å². The zero-order valence-electron chi connectivity index (χ0n) is 17.8. The predicted octanol–water partition coefficient (Wildman–Crippen LogP) is 1.66. The van der Waals surface area contributed by atoms with Gasteiger partial charge in [0.25, 0.3) is 17.3 Å². The van der Waals surface area contributed by atoms with E-state index in [0.29, 0.717) is 12.5 Å². The van der Waals surface area contributed by atoms with Crippen molar-refractivity contribution in [1.82, 2.24) is 10.6 Å². The van der Waals surface area contributed by atoms with Crippen LogP contribution in [0.5, 0.6) is 0 Å². The average Bonchev–Trinajstić information content (AvgIpc) is 2.65. The second-order valence-electron chi connectivity index (χ2n) is 8.00. The number of nitro groups is 2. The second-order valence-corrected chi connectivity index (χ2v) is 8.00. The maximum atomic E-state index is 12.6. The molecule has 0 radical (unpaired) electrons. The van der Waals surface area contributed by atoms with E-state index in [1.807, 2.05) is 33.0 Å². The van der Waals surface area contributed by atoms with Gasteiger partial charge < -0.3 is 11.1 Å². The first-order valence-corrected chi connectivity index (χ1v) is 9.66. The van der Waals surface area contributed by atoms with Gasteiger partial charge in [-0.25, -0.2) is 0 Å². The van der Waals surface area contributed by atoms with Crippen LogP contribution in [0.4, 0.5) is 11.4 Å². The van der Waals surface area contributed by atoms with Crippen LogP contribution in [0.2, 0.25) is 0 Å². The Morgan fingerprint density at radius 3 is 1.81 bits per heavy atom. The molecule has 0 fully saturated rings. The van der Waals surface area contributed by atoms with E-state index in [1.165, 1.54) is 0 Å². The Morgan fingerprint density at radius 2 is 1.39 bits per heavy atom. The van der Waals surface area contributed by atoms with Crippen molar-refractivity contribution < 1.29 is 24.2 Å². The van der Waals surface area contributed by atoms with Crippen molar-refractivity contribution in [2.45, 2.75) is 52.6 Å². The molecule has 12 heteroatoms. The van der Waals surface area contributed by atoms with Crippen LogP contribution in [0.1, 0.15) is 50.9 Å². The molecule has 0 saturated heterocycles. The summed E-state index contributed by atoms with van der Waals surface area (Å²) in [6, 6.07) is 0.436. The third kappa shape index (κ3) is 8.09. The molecule has 1 rings (SSSR count). The van der Waals surface area contributed by atoms with Gasteiger partial charge in [-0.15, -0.1) is 0 Å². The first-order chi connectivity index (χ1) is 14.3. The molecule has 0 bridgehead atoms. The van der Waals surface area contributed by atoms with Gasteiger partial charge in [-0.2, -0.15) is 0 Å². The molecule has 12 nitrogen and oxygen atoms in total. The van der Waals surface area contributed by atoms with Crippen molar-refractivity contribution in [2.24, 2.45) is 17.6 Å². The molecule has 0 unspecified atom stereocenters. The molecule has 1 aromatic rings. The summed E-state index contributed by atoms with van der Waals surface area (Å²) in [7, 11) is 0. The Labute approximate surface area is 178 Å². The van der Waals surface area contributed by atoms with Gasteiger partial charge >= 0.3 is 0 Å². The highest BCUT2D eigenvalue weighted by molar-refractivity contribution is 6.07. The number of hydrogen-bond acceptors (Lipinski definition) is 8. The molecular weight excluding hydrogens is 410 g/mol. The number of nitrogens with zero attached hydrogens (tertiary/aromatic N) is 2. The lowest BCUT2D eigenvalue weighted by atomic mass is 10.0. The number of carbonyl (C=O) groups excluding carboxylic acids is 3. The summed E-state index contributed by atoms with van der Waals surface area (Å²) in [4.78, 5) is 57.6. The lowest BCUT2D eigenvalue weighted by Gasteiger charge is -2.22. The van der Waals surface area contributed by atoms with Crippen LogP contribution in [0.25, 0.3) is 0 Å². The lowest BCUT2D eigenvalue weighted by molar-refractivity contribution is -0.394. The number of nitrogens with one attached hydrogen (secondary N) is 2. The molecule has 0 aromatic heterocycles. The first kappa shape index (κ1) is 25.6. The fourth-order valence-corrected chi connectivity index (χ4v) is 2.80. The molecule has 1 aromatic carbocycles. The minimum Gasteiger partial charge on any atom is -0.343 e. The molecule has 3 amide bonds. The van der Waals surface area contributed by atoms with Gasteiger partial charge in [-0.3, -0.25) is 39.9 Å². The number of nitro benzene ring substituents is 2. The number of rotatable bonds is 10. The Morgan fingerprint density at radius 1 is 0.903 bits per heavy atom. The summed E-state index contributed by atoms with van der Waals surface area (Å²) in [6.45, 7) is 7.41. The minimum absolute atomic E-state index is 0.0219. The van der Waals surface area contributed by atoms with E-state index in [0.717, 1.165) is 12.1 Å². The quantitative estimate of drug-likeness (QED) is 0.364. The van der Waals surface area contributed by atoms with Crippen LogP contribution >= 0.6 is 0 Å². The number of non-ortho nitro benzene ring substituents is 2. The highest BCUT2D eigenvalue weighted by Gasteiger charge is 2.27. The van der Waals surface area contributed by atoms with Crippen LogP contribution in [-0.2, 0) is 9.59 Å². The molecule has 31 heavy (non-hydrogen) atoms. The predicted molar refractivity (Wildman–Crippen MR) is 111 cm³/mol. The van der Waals surface area contributed by atoms with E-state index < -0.39 is 56.6 Å². The van der Waals surface area contributed by atoms with E-state index >= 15 is 0 Å². The summed E-state index contributed by atoms with van der Waals surface area (Å²) in [6.07, 6.45) is 0.604. The molecule has 0 aliphatic heterocycles. The molecule has 0 aliphatic rings. The van der Waals surface area contributed by atoms with Gasteiger partial charge in [-0.05, 0) is 24.7 Å². The molecular formula is C19H27N5O7. The Balaban J connectivity index is 3.05. The second kappa shape index (κ2) is 11.1. The summed E-state index contributed by atoms with van der Waals surface area (Å²) in [5, 5.41) is 26.5. The monoisotopic (exact) mass is 437 g/mol. The highest BCUT2D eigenvalue weighted by atomic mass is 16.6. The number of amides is 3. The van der Waals surface area contributed by atoms with Gasteiger partial charge in [0.1, 0.15) is 6.04 Å². The standard InChI is InChI=1S/C19H27N5O7/c1-10(2)5-15(20)18(26)21-16(6-11(3)4)19(27)22-17(25)12-7-13(23(28)29)9-14(8-12)24(30)31/h7-11,15-16H,5-6,20H2,1-4H3,(H,21,26)(H,22,25,27)/t15-,16-/m0/s1. The van der Waals surface area contributed by atoms with Crippen LogP contribution in [-0.4, -0.2) is 39.7 Å². The molecule has 0 aliphatic carbocycles. The zero-order chi connectivity index (χ0) is 23.9. The van der Waals surface area contributed by atoms with Crippen molar-refractivity contribution in [1.29, 1.82) is 0 Å². The highest BCUT2D eigenvalue weighted by Crippen LogP contribution is 2.22. The number of benzene rings is 1. The van der Waals surface area contributed by atoms with Crippen LogP contribution < -0.4 is 16.4 Å². The largest absolute Gasteiger partial charge is 0.343 e. The number of hydrogen-bond donors (Lipinski definition) is 3. The SMILES string of the molecule is CC(C)C[C@H](NC(=O)[C@@H](N)CC(C)C)C(=O)NC(=O)c1cc([N+](=O)[O-])cc([N+](=O)[O-])c1. The third-order valence-electron chi connectivity index (χ3n) is 4.23. The molecule has 4 N–H and O–H groups in total. The van der Waals surface area contributed by atoms with Gasteiger partial charge in [0, 0.05) is 12.1 Å². The van der Waals surface area contributed by atoms with Gasteiger partial charge in [0.2, 0.25) is 11.8 Å². The smallest absolute Gasteiger partial charge is 0.277 e. The molecule has 170 valence electrons. The third-order valence-corrected chi connectivity index (χ3v) is 4.23. The first-order valence-electron chi connectivity index (χ1n) is 9.66. The molecule has 0 saturated carbocycles. The van der Waals surface area contributed by atoms with Crippen molar-refractivity contribution in [3.05, 3.63) is 44.0 Å². The number of imide groups is 1. The average molecular weight is 437 g/mol. The van der Waals surface area contributed by atoms with E-state index in [2.05, 4.69) is 5.32 Å². The normalized spacial score (nSPS) is 12.9. The van der Waals surface area contributed by atoms with Gasteiger partial charge in [-0.1, -0.05) is 27.7 Å². The summed E-state index contributed by atoms with van der Waals surface area (Å²) in [5.41, 5.74) is 4.07. The van der Waals surface area contributed by atoms with Gasteiger partial charge in [0.15, 0.2) is 0 Å². The van der Waals surface area contributed by atoms with Crippen molar-refractivity contribution in [3.63, 3.8) is 0 Å². The van der Waals surface area contributed by atoms with Crippen molar-refractivity contribution >= 4 is 29.1 Å². The minimum atomic E-state index is -1.08. The van der Waals surface area contributed by atoms with Crippen molar-refractivity contribution in [3.8, 4) is 0 Å². The lowest BCUT2D eigenvalue weighted by Crippen LogP contribution is -2.53. The molecule has 0 spiro atoms. The fraction of sp³-hybridized carbons (Fsp3) is 0.526. The topological polar surface area (TPSA) is 188 Å². The Bertz CT molecular complexity index is 837. The van der Waals surface area contributed by atoms with E-state index in [9.17, 15) is 34.6 Å². The number of nitrogens with two attached hydrogens (primary N) is 1. The van der Waals surface area contributed by atoms with E-state index in [-0.39, 0.29) is 18.3 Å². The molecule has 0 heterocycles. The van der Waals surface area contributed by atoms with E-state index in [4.69, 9.17) is 5.73 Å². The van der Waals surface area contributed by atoms with Gasteiger partial charge in [0.05, 0.1) is 27.5 Å². The number of carbonyl (C=O) groups is 3. The summed E-state index contributed by atoms with van der Waals surface area (Å²) < 4.78 is 0. The fourth-order valence-electron chi connectivity index (χ4n) is 2.80. The van der Waals surface area contributed by atoms with Crippen LogP contribution in [0, 0.1) is 32.1 Å². The zero-order valence-corrected chi connectivity index (χ0v) is 17.8. The summed E-state index contributed by atoms with van der Waals surface area (Å²) in [5.74, 6) is -2.33. The summed E-state index contributed by atoms with van der Waals surface area (Å²) >= 11 is 0. The Kier molecular flexibility index (Phi) is 9.18. The van der Waals surface area contributed by atoms with Crippen LogP contribution in [0.15, 0.2) is 18.2 Å². The molecule has 2 atom stereocenters.